The Kier molecular flexibility index (Phi) is 5.24. The molecule has 0 radical (unpaired) electrons. The number of aliphatic hydroxyl groups excluding tert-OH is 1. The van der Waals surface area contributed by atoms with Crippen molar-refractivity contribution in [3.05, 3.63) is 23.8 Å². The van der Waals surface area contributed by atoms with Crippen molar-refractivity contribution in [2.75, 3.05) is 38.0 Å². The number of hydrogen-bond acceptors (Lipinski definition) is 5. The number of β-amino-alcohol motifs (C(OH)–C–C–N with tert-alkyl or cyclic N) is 1. The highest BCUT2D eigenvalue weighted by molar-refractivity contribution is 6.04. The number of ether oxygens (including phenoxy) is 1. The van der Waals surface area contributed by atoms with Gasteiger partial charge in [0.05, 0.1) is 17.4 Å². The van der Waals surface area contributed by atoms with Crippen molar-refractivity contribution in [1.29, 1.82) is 0 Å². The molecule has 7 heteroatoms. The van der Waals surface area contributed by atoms with Crippen LogP contribution in [0.3, 0.4) is 0 Å². The average Bonchev–Trinajstić information content (AvgIpc) is 2.62. The number of hydrogen-bond donors (Lipinski definition) is 2. The molecule has 0 saturated carbocycles. The average molecular weight is 347 g/mol. The molecule has 2 heterocycles. The van der Waals surface area contributed by atoms with Gasteiger partial charge in [-0.05, 0) is 25.5 Å². The van der Waals surface area contributed by atoms with E-state index >= 15 is 0 Å². The number of amides is 2. The van der Waals surface area contributed by atoms with E-state index < -0.39 is 6.10 Å². The molecule has 2 aliphatic heterocycles. The van der Waals surface area contributed by atoms with Crippen LogP contribution in [0.5, 0.6) is 5.75 Å². The Balaban J connectivity index is 1.69. The molecule has 2 aliphatic rings. The van der Waals surface area contributed by atoms with E-state index in [9.17, 15) is 14.7 Å². The maximum Gasteiger partial charge on any atom is 0.265 e. The number of para-hydroxylation sites is 1. The highest BCUT2D eigenvalue weighted by atomic mass is 16.5. The number of benzene rings is 1. The molecule has 1 aromatic rings. The quantitative estimate of drug-likeness (QED) is 0.847. The summed E-state index contributed by atoms with van der Waals surface area (Å²) in [5.41, 5.74) is 1.02. The van der Waals surface area contributed by atoms with Crippen LogP contribution in [0.4, 0.5) is 5.69 Å². The van der Waals surface area contributed by atoms with Crippen LogP contribution < -0.4 is 10.1 Å². The Morgan fingerprint density at radius 3 is 2.76 bits per heavy atom. The van der Waals surface area contributed by atoms with Gasteiger partial charge < -0.3 is 20.1 Å². The van der Waals surface area contributed by atoms with E-state index in [1.54, 1.807) is 30.0 Å². The van der Waals surface area contributed by atoms with Crippen LogP contribution in [-0.2, 0) is 4.79 Å². The first-order valence-electron chi connectivity index (χ1n) is 8.79. The minimum absolute atomic E-state index is 0.0871. The predicted molar refractivity (Wildman–Crippen MR) is 93.8 cm³/mol. The Morgan fingerprint density at radius 2 is 2.08 bits per heavy atom. The van der Waals surface area contributed by atoms with E-state index in [0.717, 1.165) is 19.5 Å². The molecule has 1 fully saturated rings. The molecule has 0 aromatic heterocycles. The van der Waals surface area contributed by atoms with E-state index in [1.165, 1.54) is 0 Å². The van der Waals surface area contributed by atoms with Crippen molar-refractivity contribution in [2.24, 2.45) is 0 Å². The number of nitrogens with zero attached hydrogens (tertiary/aromatic N) is 2. The molecule has 136 valence electrons. The minimum Gasteiger partial charge on any atom is -0.478 e. The lowest BCUT2D eigenvalue weighted by Crippen LogP contribution is -2.50. The van der Waals surface area contributed by atoms with E-state index in [1.807, 2.05) is 6.92 Å². The van der Waals surface area contributed by atoms with E-state index in [-0.39, 0.29) is 17.9 Å². The zero-order chi connectivity index (χ0) is 18.0. The fourth-order valence-electron chi connectivity index (χ4n) is 3.13. The molecule has 2 atom stereocenters. The lowest BCUT2D eigenvalue weighted by molar-refractivity contribution is -0.122. The summed E-state index contributed by atoms with van der Waals surface area (Å²) in [5.74, 6) is 0.152. The third-order valence-electron chi connectivity index (χ3n) is 4.77. The van der Waals surface area contributed by atoms with Gasteiger partial charge in [0.25, 0.3) is 11.8 Å². The van der Waals surface area contributed by atoms with Crippen molar-refractivity contribution in [2.45, 2.75) is 32.5 Å². The highest BCUT2D eigenvalue weighted by Crippen LogP contribution is 2.34. The first kappa shape index (κ1) is 17.7. The molecule has 3 rings (SSSR count). The number of piperazine rings is 1. The summed E-state index contributed by atoms with van der Waals surface area (Å²) in [5, 5.41) is 12.5. The zero-order valence-corrected chi connectivity index (χ0v) is 14.7. The number of rotatable bonds is 4. The Labute approximate surface area is 147 Å². The summed E-state index contributed by atoms with van der Waals surface area (Å²) >= 11 is 0. The molecular weight excluding hydrogens is 322 g/mol. The molecule has 1 aromatic carbocycles. The van der Waals surface area contributed by atoms with Crippen LogP contribution in [-0.4, -0.2) is 71.7 Å². The van der Waals surface area contributed by atoms with Gasteiger partial charge in [0, 0.05) is 32.7 Å². The maximum atomic E-state index is 12.9. The van der Waals surface area contributed by atoms with Gasteiger partial charge in [0.1, 0.15) is 0 Å². The molecule has 0 unspecified atom stereocenters. The predicted octanol–water partition coefficient (Wildman–Crippen LogP) is 0.935. The number of nitrogens with one attached hydrogen (secondary N) is 1. The molecule has 25 heavy (non-hydrogen) atoms. The summed E-state index contributed by atoms with van der Waals surface area (Å²) in [4.78, 5) is 28.6. The zero-order valence-electron chi connectivity index (χ0n) is 14.7. The van der Waals surface area contributed by atoms with Gasteiger partial charge in [-0.2, -0.15) is 0 Å². The smallest absolute Gasteiger partial charge is 0.265 e. The molecule has 0 spiro atoms. The van der Waals surface area contributed by atoms with Gasteiger partial charge in [-0.3, -0.25) is 14.5 Å². The number of carbonyl (C=O) groups excluding carboxylic acids is 2. The van der Waals surface area contributed by atoms with E-state index in [4.69, 9.17) is 4.74 Å². The van der Waals surface area contributed by atoms with E-state index in [0.29, 0.717) is 36.6 Å². The third kappa shape index (κ3) is 3.77. The van der Waals surface area contributed by atoms with Gasteiger partial charge in [0.15, 0.2) is 11.9 Å². The molecule has 2 amide bonds. The lowest BCUT2D eigenvalue weighted by Gasteiger charge is -2.36. The molecular formula is C18H25N3O4. The standard InChI is InChI=1S/C18H25N3O4/c1-3-13(22)11-20-7-9-21(10-8-20)18(24)14-5-4-6-15-16(14)25-12(2)17(23)19-15/h4-6,12-13,22H,3,7-11H2,1-2H3,(H,19,23)/t12-,13+/m0/s1. The number of aliphatic hydroxyl groups is 1. The van der Waals surface area contributed by atoms with Gasteiger partial charge in [0.2, 0.25) is 0 Å². The summed E-state index contributed by atoms with van der Waals surface area (Å²) in [6.45, 7) is 6.98. The second-order valence-corrected chi connectivity index (χ2v) is 6.59. The van der Waals surface area contributed by atoms with Crippen molar-refractivity contribution < 1.29 is 19.4 Å². The summed E-state index contributed by atoms with van der Waals surface area (Å²) < 4.78 is 5.67. The van der Waals surface area contributed by atoms with E-state index in [2.05, 4.69) is 10.2 Å². The summed E-state index contributed by atoms with van der Waals surface area (Å²) in [6.07, 6.45) is -0.202. The number of carbonyl (C=O) groups is 2. The largest absolute Gasteiger partial charge is 0.478 e. The summed E-state index contributed by atoms with van der Waals surface area (Å²) in [7, 11) is 0. The van der Waals surface area contributed by atoms with Crippen LogP contribution in [0.1, 0.15) is 30.6 Å². The summed E-state index contributed by atoms with van der Waals surface area (Å²) in [6, 6.07) is 5.22. The topological polar surface area (TPSA) is 82.1 Å². The number of fused-ring (bicyclic) bond motifs is 1. The van der Waals surface area contributed by atoms with Crippen LogP contribution in [0.15, 0.2) is 18.2 Å². The maximum absolute atomic E-state index is 12.9. The van der Waals surface area contributed by atoms with Crippen LogP contribution in [0, 0.1) is 0 Å². The second kappa shape index (κ2) is 7.41. The monoisotopic (exact) mass is 347 g/mol. The second-order valence-electron chi connectivity index (χ2n) is 6.59. The molecule has 1 saturated heterocycles. The molecule has 0 bridgehead atoms. The van der Waals surface area contributed by atoms with Crippen molar-refractivity contribution in [3.8, 4) is 5.75 Å². The van der Waals surface area contributed by atoms with Crippen LogP contribution in [0.2, 0.25) is 0 Å². The first-order valence-corrected chi connectivity index (χ1v) is 8.79. The minimum atomic E-state index is -0.617. The Bertz CT molecular complexity index is 656. The van der Waals surface area contributed by atoms with Crippen molar-refractivity contribution >= 4 is 17.5 Å². The Hall–Kier alpha value is -2.12. The first-order chi connectivity index (χ1) is 12.0. The molecule has 0 aliphatic carbocycles. The lowest BCUT2D eigenvalue weighted by atomic mass is 10.1. The van der Waals surface area contributed by atoms with Crippen LogP contribution in [0.25, 0.3) is 0 Å². The normalized spacial score (nSPS) is 22.0. The van der Waals surface area contributed by atoms with Crippen molar-refractivity contribution in [1.82, 2.24) is 9.80 Å². The fourth-order valence-corrected chi connectivity index (χ4v) is 3.13. The fraction of sp³-hybridized carbons (Fsp3) is 0.556. The van der Waals surface area contributed by atoms with Gasteiger partial charge >= 0.3 is 0 Å². The third-order valence-corrected chi connectivity index (χ3v) is 4.77. The highest BCUT2D eigenvalue weighted by Gasteiger charge is 2.30. The van der Waals surface area contributed by atoms with Gasteiger partial charge in [-0.1, -0.05) is 13.0 Å². The van der Waals surface area contributed by atoms with Gasteiger partial charge in [-0.15, -0.1) is 0 Å². The molecule has 7 nitrogen and oxygen atoms in total. The number of anilines is 1. The van der Waals surface area contributed by atoms with Gasteiger partial charge in [-0.25, -0.2) is 0 Å². The van der Waals surface area contributed by atoms with Crippen molar-refractivity contribution in [3.63, 3.8) is 0 Å². The van der Waals surface area contributed by atoms with Crippen LogP contribution >= 0.6 is 0 Å². The SMILES string of the molecule is CC[C@@H](O)CN1CCN(C(=O)c2cccc3c2O[C@@H](C)C(=O)N3)CC1. The molecule has 2 N–H and O–H groups in total. The Morgan fingerprint density at radius 1 is 1.36 bits per heavy atom.